The van der Waals surface area contributed by atoms with Crippen LogP contribution >= 0.6 is 0 Å². The first kappa shape index (κ1) is 20.8. The monoisotopic (exact) mass is 398 g/mol. The van der Waals surface area contributed by atoms with Crippen LogP contribution in [0.3, 0.4) is 0 Å². The van der Waals surface area contributed by atoms with E-state index in [0.29, 0.717) is 30.9 Å². The zero-order valence-corrected chi connectivity index (χ0v) is 16.9. The van der Waals surface area contributed by atoms with Crippen molar-refractivity contribution in [3.8, 4) is 5.75 Å². The zero-order valence-electron chi connectivity index (χ0n) is 16.9. The van der Waals surface area contributed by atoms with E-state index in [4.69, 9.17) is 4.74 Å². The number of likely N-dealkylation sites (tertiary alicyclic amines) is 1. The second-order valence-electron chi connectivity index (χ2n) is 7.35. The number of rotatable bonds is 7. The smallest absolute Gasteiger partial charge is 0.254 e. The zero-order chi connectivity index (χ0) is 20.8. The van der Waals surface area contributed by atoms with Gasteiger partial charge in [-0.25, -0.2) is 4.39 Å². The molecule has 1 heterocycles. The van der Waals surface area contributed by atoms with Crippen molar-refractivity contribution in [2.75, 3.05) is 26.7 Å². The lowest BCUT2D eigenvalue weighted by Crippen LogP contribution is -2.36. The Morgan fingerprint density at radius 2 is 1.93 bits per heavy atom. The molecule has 1 aliphatic heterocycles. The normalized spacial score (nSPS) is 18.5. The number of nitrogens with one attached hydrogen (secondary N) is 1. The van der Waals surface area contributed by atoms with Gasteiger partial charge >= 0.3 is 0 Å². The standard InChI is InChI=1S/C23H27FN2O3/c1-3-4-12-25-22(27)21-15-26(14-20(21)16-8-10-18(24)11-9-16)23(28)17-6-5-7-19(13-17)29-2/h5-11,13,20-21H,3-4,12,14-15H2,1-2H3,(H,25,27)/t20-,21-/m0/s1. The van der Waals surface area contributed by atoms with Gasteiger partial charge < -0.3 is 15.0 Å². The molecule has 2 aromatic carbocycles. The van der Waals surface area contributed by atoms with Gasteiger partial charge in [-0.15, -0.1) is 0 Å². The van der Waals surface area contributed by atoms with Crippen LogP contribution in [0.15, 0.2) is 48.5 Å². The van der Waals surface area contributed by atoms with Crippen LogP contribution in [0.5, 0.6) is 5.75 Å². The predicted octanol–water partition coefficient (Wildman–Crippen LogP) is 3.61. The minimum absolute atomic E-state index is 0.0614. The van der Waals surface area contributed by atoms with Crippen LogP contribution in [0.2, 0.25) is 0 Å². The molecule has 0 saturated carbocycles. The van der Waals surface area contributed by atoms with E-state index < -0.39 is 0 Å². The van der Waals surface area contributed by atoms with Crippen molar-refractivity contribution in [3.05, 3.63) is 65.5 Å². The Morgan fingerprint density at radius 1 is 1.17 bits per heavy atom. The van der Waals surface area contributed by atoms with Gasteiger partial charge in [0.25, 0.3) is 5.91 Å². The van der Waals surface area contributed by atoms with Crippen LogP contribution < -0.4 is 10.1 Å². The summed E-state index contributed by atoms with van der Waals surface area (Å²) in [4.78, 5) is 27.6. The second-order valence-corrected chi connectivity index (χ2v) is 7.35. The first-order valence-electron chi connectivity index (χ1n) is 10.00. The average molecular weight is 398 g/mol. The number of amides is 2. The number of carbonyl (C=O) groups is 2. The maximum atomic E-state index is 13.4. The molecule has 2 amide bonds. The Morgan fingerprint density at radius 3 is 2.62 bits per heavy atom. The van der Waals surface area contributed by atoms with Crippen LogP contribution in [-0.2, 0) is 4.79 Å². The number of methoxy groups -OCH3 is 1. The second kappa shape index (κ2) is 9.54. The summed E-state index contributed by atoms with van der Waals surface area (Å²) in [5.41, 5.74) is 1.39. The molecule has 1 saturated heterocycles. The summed E-state index contributed by atoms with van der Waals surface area (Å²) >= 11 is 0. The van der Waals surface area contributed by atoms with E-state index in [-0.39, 0.29) is 29.5 Å². The molecule has 0 aromatic heterocycles. The van der Waals surface area contributed by atoms with Crippen LogP contribution in [0.1, 0.15) is 41.6 Å². The Bertz CT molecular complexity index is 853. The molecule has 0 unspecified atom stereocenters. The van der Waals surface area contributed by atoms with E-state index in [0.717, 1.165) is 18.4 Å². The molecular formula is C23H27FN2O3. The molecule has 2 aromatic rings. The maximum Gasteiger partial charge on any atom is 0.254 e. The molecule has 0 aliphatic carbocycles. The molecule has 0 radical (unpaired) electrons. The highest BCUT2D eigenvalue weighted by atomic mass is 19.1. The van der Waals surface area contributed by atoms with Gasteiger partial charge in [0.1, 0.15) is 11.6 Å². The molecule has 29 heavy (non-hydrogen) atoms. The maximum absolute atomic E-state index is 13.4. The number of ether oxygens (including phenoxy) is 1. The molecule has 0 spiro atoms. The van der Waals surface area contributed by atoms with Crippen molar-refractivity contribution in [2.24, 2.45) is 5.92 Å². The third-order valence-electron chi connectivity index (χ3n) is 5.39. The third kappa shape index (κ3) is 4.94. The summed E-state index contributed by atoms with van der Waals surface area (Å²) in [6, 6.07) is 13.2. The van der Waals surface area contributed by atoms with E-state index in [1.54, 1.807) is 48.4 Å². The SMILES string of the molecule is CCCCNC(=O)[C@H]1CN(C(=O)c2cccc(OC)c2)C[C@H]1c1ccc(F)cc1. The molecule has 154 valence electrons. The fraction of sp³-hybridized carbons (Fsp3) is 0.391. The van der Waals surface area contributed by atoms with Gasteiger partial charge in [0.05, 0.1) is 13.0 Å². The summed E-state index contributed by atoms with van der Waals surface area (Å²) in [7, 11) is 1.56. The molecule has 1 N–H and O–H groups in total. The summed E-state index contributed by atoms with van der Waals surface area (Å²) < 4.78 is 18.6. The molecule has 1 aliphatic rings. The van der Waals surface area contributed by atoms with E-state index in [9.17, 15) is 14.0 Å². The van der Waals surface area contributed by atoms with Gasteiger partial charge in [-0.05, 0) is 42.3 Å². The minimum atomic E-state index is -0.369. The van der Waals surface area contributed by atoms with Crippen molar-refractivity contribution in [1.29, 1.82) is 0 Å². The predicted molar refractivity (Wildman–Crippen MR) is 109 cm³/mol. The highest BCUT2D eigenvalue weighted by molar-refractivity contribution is 5.95. The molecule has 6 heteroatoms. The molecule has 2 atom stereocenters. The Balaban J connectivity index is 1.82. The lowest BCUT2D eigenvalue weighted by Gasteiger charge is -2.18. The average Bonchev–Trinajstić information content (AvgIpc) is 3.19. The Hall–Kier alpha value is -2.89. The highest BCUT2D eigenvalue weighted by Gasteiger charge is 2.40. The largest absolute Gasteiger partial charge is 0.497 e. The van der Waals surface area contributed by atoms with Gasteiger partial charge in [-0.1, -0.05) is 31.5 Å². The highest BCUT2D eigenvalue weighted by Crippen LogP contribution is 2.34. The number of hydrogen-bond acceptors (Lipinski definition) is 3. The number of unbranched alkanes of at least 4 members (excludes halogenated alkanes) is 1. The lowest BCUT2D eigenvalue weighted by molar-refractivity contribution is -0.124. The van der Waals surface area contributed by atoms with Gasteiger partial charge in [0.15, 0.2) is 0 Å². The van der Waals surface area contributed by atoms with E-state index in [1.165, 1.54) is 12.1 Å². The van der Waals surface area contributed by atoms with Crippen molar-refractivity contribution < 1.29 is 18.7 Å². The number of hydrogen-bond donors (Lipinski definition) is 1. The molecule has 5 nitrogen and oxygen atoms in total. The summed E-state index contributed by atoms with van der Waals surface area (Å²) in [5, 5.41) is 2.98. The van der Waals surface area contributed by atoms with Gasteiger partial charge in [0, 0.05) is 31.1 Å². The summed E-state index contributed by atoms with van der Waals surface area (Å²) in [6.07, 6.45) is 1.90. The topological polar surface area (TPSA) is 58.6 Å². The Kier molecular flexibility index (Phi) is 6.86. The van der Waals surface area contributed by atoms with E-state index in [2.05, 4.69) is 12.2 Å². The van der Waals surface area contributed by atoms with Gasteiger partial charge in [0.2, 0.25) is 5.91 Å². The van der Waals surface area contributed by atoms with Crippen LogP contribution in [0.25, 0.3) is 0 Å². The molecule has 1 fully saturated rings. The van der Waals surface area contributed by atoms with Gasteiger partial charge in [-0.3, -0.25) is 9.59 Å². The molecular weight excluding hydrogens is 371 g/mol. The van der Waals surface area contributed by atoms with Crippen LogP contribution in [0.4, 0.5) is 4.39 Å². The van der Waals surface area contributed by atoms with Crippen LogP contribution in [-0.4, -0.2) is 43.5 Å². The van der Waals surface area contributed by atoms with Crippen molar-refractivity contribution in [3.63, 3.8) is 0 Å². The number of nitrogens with zero attached hydrogens (tertiary/aromatic N) is 1. The first-order valence-corrected chi connectivity index (χ1v) is 10.00. The summed E-state index contributed by atoms with van der Waals surface area (Å²) in [5.74, 6) is -0.453. The molecule has 0 bridgehead atoms. The number of carbonyl (C=O) groups excluding carboxylic acids is 2. The van der Waals surface area contributed by atoms with E-state index in [1.807, 2.05) is 0 Å². The van der Waals surface area contributed by atoms with Gasteiger partial charge in [-0.2, -0.15) is 0 Å². The number of benzene rings is 2. The van der Waals surface area contributed by atoms with Crippen molar-refractivity contribution in [1.82, 2.24) is 10.2 Å². The fourth-order valence-electron chi connectivity index (χ4n) is 3.74. The quantitative estimate of drug-likeness (QED) is 0.725. The van der Waals surface area contributed by atoms with Crippen LogP contribution in [0, 0.1) is 11.7 Å². The van der Waals surface area contributed by atoms with E-state index >= 15 is 0 Å². The third-order valence-corrected chi connectivity index (χ3v) is 5.39. The Labute approximate surface area is 170 Å². The lowest BCUT2D eigenvalue weighted by atomic mass is 9.88. The molecule has 3 rings (SSSR count). The summed E-state index contributed by atoms with van der Waals surface area (Å²) in [6.45, 7) is 3.42. The number of halogens is 1. The van der Waals surface area contributed by atoms with Crippen molar-refractivity contribution >= 4 is 11.8 Å². The van der Waals surface area contributed by atoms with Crippen molar-refractivity contribution in [2.45, 2.75) is 25.7 Å². The first-order chi connectivity index (χ1) is 14.0. The fourth-order valence-corrected chi connectivity index (χ4v) is 3.74. The minimum Gasteiger partial charge on any atom is -0.497 e.